The molecule has 2 aromatic rings. The molecule has 1 fully saturated rings. The van der Waals surface area contributed by atoms with Gasteiger partial charge in [-0.1, -0.05) is 18.2 Å². The Kier molecular flexibility index (Phi) is 5.30. The van der Waals surface area contributed by atoms with Crippen LogP contribution in [-0.2, 0) is 6.42 Å². The minimum atomic E-state index is -0.943. The van der Waals surface area contributed by atoms with Crippen LogP contribution in [0.4, 0.5) is 8.78 Å². The van der Waals surface area contributed by atoms with Crippen molar-refractivity contribution in [2.45, 2.75) is 19.3 Å². The van der Waals surface area contributed by atoms with Gasteiger partial charge in [-0.15, -0.1) is 0 Å². The molecule has 3 rings (SSSR count). The van der Waals surface area contributed by atoms with E-state index in [0.717, 1.165) is 36.6 Å². The molecule has 2 aromatic carbocycles. The van der Waals surface area contributed by atoms with E-state index < -0.39 is 17.6 Å². The highest BCUT2D eigenvalue weighted by Crippen LogP contribution is 2.24. The van der Waals surface area contributed by atoms with Crippen LogP contribution in [0.3, 0.4) is 0 Å². The molecule has 0 unspecified atom stereocenters. The molecule has 0 atom stereocenters. The molecule has 26 heavy (non-hydrogen) atoms. The fourth-order valence-corrected chi connectivity index (χ4v) is 3.42. The summed E-state index contributed by atoms with van der Waals surface area (Å²) in [6.07, 6.45) is 2.08. The van der Waals surface area contributed by atoms with Crippen molar-refractivity contribution in [2.75, 3.05) is 13.1 Å². The predicted molar refractivity (Wildman–Crippen MR) is 92.1 cm³/mol. The van der Waals surface area contributed by atoms with Crippen LogP contribution in [0.1, 0.15) is 39.1 Å². The Balaban J connectivity index is 1.63. The van der Waals surface area contributed by atoms with Gasteiger partial charge in [0.1, 0.15) is 11.6 Å². The van der Waals surface area contributed by atoms with Gasteiger partial charge >= 0.3 is 5.97 Å². The van der Waals surface area contributed by atoms with Crippen LogP contribution in [0.15, 0.2) is 42.5 Å². The smallest absolute Gasteiger partial charge is 0.335 e. The van der Waals surface area contributed by atoms with Crippen molar-refractivity contribution in [3.63, 3.8) is 0 Å². The number of halogens is 2. The summed E-state index contributed by atoms with van der Waals surface area (Å²) in [7, 11) is 0. The van der Waals surface area contributed by atoms with E-state index in [-0.39, 0.29) is 17.4 Å². The number of carboxylic acids is 1. The first-order valence-electron chi connectivity index (χ1n) is 8.50. The van der Waals surface area contributed by atoms with Crippen molar-refractivity contribution in [3.8, 4) is 0 Å². The van der Waals surface area contributed by atoms with Crippen LogP contribution >= 0.6 is 0 Å². The number of rotatable bonds is 4. The first-order chi connectivity index (χ1) is 12.4. The number of hydrogen-bond donors (Lipinski definition) is 1. The fraction of sp³-hybridized carbons (Fsp3) is 0.300. The van der Waals surface area contributed by atoms with Crippen LogP contribution in [0, 0.1) is 17.6 Å². The number of carbonyl (C=O) groups is 2. The zero-order valence-corrected chi connectivity index (χ0v) is 14.1. The molecule has 0 radical (unpaired) electrons. The van der Waals surface area contributed by atoms with Gasteiger partial charge in [0, 0.05) is 24.7 Å². The summed E-state index contributed by atoms with van der Waals surface area (Å²) in [5.74, 6) is -2.60. The maximum atomic E-state index is 13.3. The van der Waals surface area contributed by atoms with Crippen LogP contribution in [0.2, 0.25) is 0 Å². The van der Waals surface area contributed by atoms with E-state index in [4.69, 9.17) is 0 Å². The number of aromatic carboxylic acids is 1. The lowest BCUT2D eigenvalue weighted by molar-refractivity contribution is 0.0689. The average Bonchev–Trinajstić information content (AvgIpc) is 2.61. The molecule has 1 amide bonds. The third-order valence-electron chi connectivity index (χ3n) is 4.77. The molecular weight excluding hydrogens is 340 g/mol. The maximum Gasteiger partial charge on any atom is 0.335 e. The molecule has 0 saturated carbocycles. The van der Waals surface area contributed by atoms with Gasteiger partial charge in [-0.05, 0) is 48.9 Å². The molecule has 0 spiro atoms. The minimum Gasteiger partial charge on any atom is -0.478 e. The van der Waals surface area contributed by atoms with Crippen molar-refractivity contribution < 1.29 is 23.5 Å². The number of hydrogen-bond acceptors (Lipinski definition) is 2. The number of likely N-dealkylation sites (tertiary alicyclic amines) is 1. The average molecular weight is 359 g/mol. The molecule has 4 nitrogen and oxygen atoms in total. The van der Waals surface area contributed by atoms with Crippen LogP contribution in [0.25, 0.3) is 0 Å². The molecule has 1 aliphatic heterocycles. The zero-order valence-electron chi connectivity index (χ0n) is 14.1. The van der Waals surface area contributed by atoms with E-state index >= 15 is 0 Å². The van der Waals surface area contributed by atoms with Crippen LogP contribution in [-0.4, -0.2) is 35.0 Å². The van der Waals surface area contributed by atoms with E-state index in [1.165, 1.54) is 0 Å². The van der Waals surface area contributed by atoms with Crippen molar-refractivity contribution in [2.24, 2.45) is 5.92 Å². The lowest BCUT2D eigenvalue weighted by atomic mass is 9.88. The van der Waals surface area contributed by atoms with Gasteiger partial charge in [-0.25, -0.2) is 13.6 Å². The molecule has 136 valence electrons. The van der Waals surface area contributed by atoms with E-state index in [0.29, 0.717) is 25.1 Å². The number of piperidine rings is 1. The highest BCUT2D eigenvalue weighted by atomic mass is 19.1. The third kappa shape index (κ3) is 4.07. The maximum absolute atomic E-state index is 13.3. The lowest BCUT2D eigenvalue weighted by Crippen LogP contribution is -2.39. The Morgan fingerprint density at radius 1 is 1.04 bits per heavy atom. The summed E-state index contributed by atoms with van der Waals surface area (Å²) in [5, 5.41) is 9.27. The van der Waals surface area contributed by atoms with Crippen molar-refractivity contribution in [1.29, 1.82) is 0 Å². The van der Waals surface area contributed by atoms with E-state index in [1.807, 2.05) is 12.1 Å². The monoisotopic (exact) mass is 359 g/mol. The Hall–Kier alpha value is -2.76. The molecule has 1 aliphatic rings. The van der Waals surface area contributed by atoms with Crippen LogP contribution < -0.4 is 0 Å². The van der Waals surface area contributed by atoms with Crippen molar-refractivity contribution in [3.05, 3.63) is 70.8 Å². The van der Waals surface area contributed by atoms with Crippen molar-refractivity contribution in [1.82, 2.24) is 4.90 Å². The summed E-state index contributed by atoms with van der Waals surface area (Å²) in [5.41, 5.74) is 1.11. The van der Waals surface area contributed by atoms with Gasteiger partial charge in [-0.2, -0.15) is 0 Å². The molecule has 0 aromatic heterocycles. The quantitative estimate of drug-likeness (QED) is 0.904. The Morgan fingerprint density at radius 2 is 1.65 bits per heavy atom. The number of nitrogens with zero attached hydrogens (tertiary/aromatic N) is 1. The topological polar surface area (TPSA) is 57.6 Å². The summed E-state index contributed by atoms with van der Waals surface area (Å²) in [6, 6.07) is 9.75. The third-order valence-corrected chi connectivity index (χ3v) is 4.77. The van der Waals surface area contributed by atoms with Crippen molar-refractivity contribution >= 4 is 11.9 Å². The second-order valence-electron chi connectivity index (χ2n) is 6.56. The van der Waals surface area contributed by atoms with Gasteiger partial charge < -0.3 is 10.0 Å². The molecule has 1 N–H and O–H groups in total. The molecule has 0 aliphatic carbocycles. The minimum absolute atomic E-state index is 0.0113. The Bertz CT molecular complexity index is 809. The standard InChI is InChI=1S/C20H19F2NO3/c21-16-10-15(11-17(22)12-16)19(24)23-7-5-13(6-8-23)9-14-3-1-2-4-18(14)20(25)26/h1-4,10-13H,5-9H2,(H,25,26). The molecule has 0 bridgehead atoms. The largest absolute Gasteiger partial charge is 0.478 e. The lowest BCUT2D eigenvalue weighted by Gasteiger charge is -2.32. The van der Waals surface area contributed by atoms with Crippen LogP contribution in [0.5, 0.6) is 0 Å². The molecule has 1 heterocycles. The summed E-state index contributed by atoms with van der Waals surface area (Å²) < 4.78 is 26.6. The number of carboxylic acid groups (broad SMARTS) is 1. The van der Waals surface area contributed by atoms with Gasteiger partial charge in [0.05, 0.1) is 5.56 Å². The normalized spacial score (nSPS) is 15.1. The first kappa shape index (κ1) is 18.0. The number of amides is 1. The first-order valence-corrected chi connectivity index (χ1v) is 8.50. The van der Waals surface area contributed by atoms with E-state index in [9.17, 15) is 23.5 Å². The molecule has 6 heteroatoms. The van der Waals surface area contributed by atoms with E-state index in [2.05, 4.69) is 0 Å². The highest BCUT2D eigenvalue weighted by Gasteiger charge is 2.25. The van der Waals surface area contributed by atoms with E-state index in [1.54, 1.807) is 17.0 Å². The number of carbonyl (C=O) groups excluding carboxylic acids is 1. The second-order valence-corrected chi connectivity index (χ2v) is 6.56. The summed E-state index contributed by atoms with van der Waals surface area (Å²) >= 11 is 0. The molecular formula is C20H19F2NO3. The SMILES string of the molecule is O=C(O)c1ccccc1CC1CCN(C(=O)c2cc(F)cc(F)c2)CC1. The Morgan fingerprint density at radius 3 is 2.27 bits per heavy atom. The van der Waals surface area contributed by atoms with Gasteiger partial charge in [0.2, 0.25) is 0 Å². The summed E-state index contributed by atoms with van der Waals surface area (Å²) in [4.78, 5) is 25.3. The Labute approximate surface area is 150 Å². The second kappa shape index (κ2) is 7.64. The zero-order chi connectivity index (χ0) is 18.7. The molecule has 1 saturated heterocycles. The predicted octanol–water partition coefficient (Wildman–Crippen LogP) is 3.76. The van der Waals surface area contributed by atoms with Gasteiger partial charge in [0.15, 0.2) is 0 Å². The van der Waals surface area contributed by atoms with Gasteiger partial charge in [0.25, 0.3) is 5.91 Å². The van der Waals surface area contributed by atoms with Gasteiger partial charge in [-0.3, -0.25) is 4.79 Å². The highest BCUT2D eigenvalue weighted by molar-refractivity contribution is 5.94. The number of benzene rings is 2. The fourth-order valence-electron chi connectivity index (χ4n) is 3.42. The summed E-state index contributed by atoms with van der Waals surface area (Å²) in [6.45, 7) is 0.966.